The molecule has 2 rings (SSSR count). The smallest absolute Gasteiger partial charge is 0.331 e. The third-order valence-corrected chi connectivity index (χ3v) is 4.06. The summed E-state index contributed by atoms with van der Waals surface area (Å²) < 4.78 is 4.88. The van der Waals surface area contributed by atoms with Gasteiger partial charge in [-0.2, -0.15) is 4.98 Å². The van der Waals surface area contributed by atoms with Gasteiger partial charge in [-0.05, 0) is 24.4 Å². The van der Waals surface area contributed by atoms with Crippen LogP contribution in [0, 0.1) is 10.1 Å². The molecule has 1 saturated carbocycles. The van der Waals surface area contributed by atoms with Gasteiger partial charge in [-0.25, -0.2) is 9.78 Å². The zero-order valence-corrected chi connectivity index (χ0v) is 12.5. The monoisotopic (exact) mass is 314 g/mol. The zero-order chi connectivity index (χ0) is 15.6. The highest BCUT2D eigenvalue weighted by Gasteiger charge is 2.48. The summed E-state index contributed by atoms with van der Waals surface area (Å²) in [5.74, 6) is -0.404. The first kappa shape index (κ1) is 15.4. The van der Waals surface area contributed by atoms with E-state index in [1.165, 1.54) is 12.0 Å². The van der Waals surface area contributed by atoms with Gasteiger partial charge in [0.1, 0.15) is 11.7 Å². The molecule has 0 aromatic carbocycles. The Kier molecular flexibility index (Phi) is 4.26. The Morgan fingerprint density at radius 3 is 2.67 bits per heavy atom. The molecule has 1 aliphatic carbocycles. The van der Waals surface area contributed by atoms with Gasteiger partial charge in [-0.3, -0.25) is 10.1 Å². The van der Waals surface area contributed by atoms with E-state index in [9.17, 15) is 14.9 Å². The molecule has 0 bridgehead atoms. The molecule has 0 unspecified atom stereocenters. The molecule has 21 heavy (non-hydrogen) atoms. The molecule has 8 nitrogen and oxygen atoms in total. The molecule has 0 radical (unpaired) electrons. The Labute approximate surface area is 126 Å². The molecule has 9 heteroatoms. The van der Waals surface area contributed by atoms with Crippen LogP contribution in [0.2, 0.25) is 5.28 Å². The summed E-state index contributed by atoms with van der Waals surface area (Å²) in [4.78, 5) is 31.8. The van der Waals surface area contributed by atoms with Crippen molar-refractivity contribution in [1.29, 1.82) is 0 Å². The minimum Gasteiger partial charge on any atom is -0.467 e. The van der Waals surface area contributed by atoms with E-state index in [1.807, 2.05) is 0 Å². The summed E-state index contributed by atoms with van der Waals surface area (Å²) in [6, 6.07) is 0. The number of esters is 1. The minimum atomic E-state index is -0.947. The summed E-state index contributed by atoms with van der Waals surface area (Å²) in [6.45, 7) is 0. The van der Waals surface area contributed by atoms with Crippen LogP contribution in [0.3, 0.4) is 0 Å². The fourth-order valence-corrected chi connectivity index (χ4v) is 2.88. The Balaban J connectivity index is 2.51. The van der Waals surface area contributed by atoms with Crippen molar-refractivity contribution >= 4 is 29.1 Å². The predicted molar refractivity (Wildman–Crippen MR) is 75.3 cm³/mol. The lowest BCUT2D eigenvalue weighted by Crippen LogP contribution is -2.52. The molecule has 1 aromatic rings. The van der Waals surface area contributed by atoms with Crippen LogP contribution < -0.4 is 4.90 Å². The minimum absolute atomic E-state index is 0.0206. The Hall–Kier alpha value is -1.96. The second-order valence-corrected chi connectivity index (χ2v) is 5.23. The van der Waals surface area contributed by atoms with Crippen LogP contribution in [-0.4, -0.2) is 40.6 Å². The molecule has 114 valence electrons. The maximum absolute atomic E-state index is 12.2. The highest BCUT2D eigenvalue weighted by atomic mass is 35.5. The summed E-state index contributed by atoms with van der Waals surface area (Å²) in [7, 11) is 2.89. The molecule has 0 atom stereocenters. The van der Waals surface area contributed by atoms with Crippen LogP contribution in [0.1, 0.15) is 25.7 Å². The molecular weight excluding hydrogens is 300 g/mol. The van der Waals surface area contributed by atoms with Crippen LogP contribution in [0.15, 0.2) is 6.20 Å². The molecule has 0 spiro atoms. The Bertz CT molecular complexity index is 574. The van der Waals surface area contributed by atoms with Crippen molar-refractivity contribution in [2.24, 2.45) is 0 Å². The van der Waals surface area contributed by atoms with Gasteiger partial charge in [0.2, 0.25) is 11.1 Å². The van der Waals surface area contributed by atoms with E-state index in [0.29, 0.717) is 12.8 Å². The Morgan fingerprint density at radius 1 is 1.52 bits per heavy atom. The second-order valence-electron chi connectivity index (χ2n) is 4.89. The lowest BCUT2D eigenvalue weighted by Gasteiger charge is -2.36. The summed E-state index contributed by atoms with van der Waals surface area (Å²) in [5, 5.41) is 11.0. The highest BCUT2D eigenvalue weighted by molar-refractivity contribution is 6.28. The average Bonchev–Trinajstić information content (AvgIpc) is 2.95. The van der Waals surface area contributed by atoms with Crippen LogP contribution in [-0.2, 0) is 9.53 Å². The van der Waals surface area contributed by atoms with Crippen molar-refractivity contribution in [3.05, 3.63) is 21.6 Å². The van der Waals surface area contributed by atoms with Crippen molar-refractivity contribution in [3.63, 3.8) is 0 Å². The summed E-state index contributed by atoms with van der Waals surface area (Å²) >= 11 is 5.74. The van der Waals surface area contributed by atoms with Gasteiger partial charge in [-0.15, -0.1) is 0 Å². The van der Waals surface area contributed by atoms with Gasteiger partial charge in [0.25, 0.3) is 0 Å². The number of likely N-dealkylation sites (N-methyl/N-ethyl adjacent to an activating group) is 1. The molecule has 1 aromatic heterocycles. The number of ether oxygens (including phenoxy) is 1. The number of nitro groups is 1. The SMILES string of the molecule is COC(=O)C1(N(C)c2nc(Cl)ncc2[N+](=O)[O-])CCCC1. The molecule has 0 saturated heterocycles. The predicted octanol–water partition coefficient (Wildman–Crippen LogP) is 1.96. The van der Waals surface area contributed by atoms with Crippen molar-refractivity contribution in [2.75, 3.05) is 19.1 Å². The third-order valence-electron chi connectivity index (χ3n) is 3.87. The van der Waals surface area contributed by atoms with E-state index in [-0.39, 0.29) is 16.8 Å². The quantitative estimate of drug-likeness (QED) is 0.362. The van der Waals surface area contributed by atoms with Gasteiger partial charge < -0.3 is 9.64 Å². The number of hydrogen-bond donors (Lipinski definition) is 0. The number of rotatable bonds is 4. The van der Waals surface area contributed by atoms with Crippen molar-refractivity contribution in [1.82, 2.24) is 9.97 Å². The zero-order valence-electron chi connectivity index (χ0n) is 11.7. The molecule has 1 fully saturated rings. The number of halogens is 1. The number of anilines is 1. The van der Waals surface area contributed by atoms with Crippen molar-refractivity contribution in [3.8, 4) is 0 Å². The Morgan fingerprint density at radius 2 is 2.14 bits per heavy atom. The molecule has 1 aliphatic rings. The molecule has 0 aliphatic heterocycles. The van der Waals surface area contributed by atoms with E-state index in [2.05, 4.69) is 9.97 Å². The van der Waals surface area contributed by atoms with E-state index in [4.69, 9.17) is 16.3 Å². The second kappa shape index (κ2) is 5.80. The van der Waals surface area contributed by atoms with E-state index >= 15 is 0 Å². The van der Waals surface area contributed by atoms with Crippen LogP contribution in [0.4, 0.5) is 11.5 Å². The molecular formula is C12H15ClN4O4. The topological polar surface area (TPSA) is 98.5 Å². The van der Waals surface area contributed by atoms with Gasteiger partial charge in [0, 0.05) is 7.05 Å². The van der Waals surface area contributed by atoms with Crippen molar-refractivity contribution < 1.29 is 14.5 Å². The summed E-state index contributed by atoms with van der Waals surface area (Å²) in [5.41, 5.74) is -1.24. The first-order valence-corrected chi connectivity index (χ1v) is 6.79. The maximum Gasteiger partial charge on any atom is 0.331 e. The van der Waals surface area contributed by atoms with Gasteiger partial charge in [-0.1, -0.05) is 12.8 Å². The maximum atomic E-state index is 12.2. The summed E-state index contributed by atoms with van der Waals surface area (Å²) in [6.07, 6.45) is 3.82. The highest BCUT2D eigenvalue weighted by Crippen LogP contribution is 2.40. The fourth-order valence-electron chi connectivity index (χ4n) is 2.75. The number of hydrogen-bond acceptors (Lipinski definition) is 7. The van der Waals surface area contributed by atoms with E-state index in [0.717, 1.165) is 19.0 Å². The number of aromatic nitrogens is 2. The van der Waals surface area contributed by atoms with Crippen LogP contribution in [0.25, 0.3) is 0 Å². The van der Waals surface area contributed by atoms with Crippen LogP contribution in [0.5, 0.6) is 0 Å². The van der Waals surface area contributed by atoms with Gasteiger partial charge >= 0.3 is 11.7 Å². The van der Waals surface area contributed by atoms with Crippen molar-refractivity contribution in [2.45, 2.75) is 31.2 Å². The molecule has 0 N–H and O–H groups in total. The van der Waals surface area contributed by atoms with Gasteiger partial charge in [0.05, 0.1) is 12.0 Å². The van der Waals surface area contributed by atoms with E-state index in [1.54, 1.807) is 7.05 Å². The number of carbonyl (C=O) groups excluding carboxylic acids is 1. The molecule has 0 amide bonds. The number of nitrogens with zero attached hydrogens (tertiary/aromatic N) is 4. The first-order valence-electron chi connectivity index (χ1n) is 6.41. The van der Waals surface area contributed by atoms with Crippen LogP contribution >= 0.6 is 11.6 Å². The van der Waals surface area contributed by atoms with Gasteiger partial charge in [0.15, 0.2) is 0 Å². The largest absolute Gasteiger partial charge is 0.467 e. The standard InChI is InChI=1S/C12H15ClN4O4/c1-16(12(10(18)21-2)5-3-4-6-12)9-8(17(19)20)7-14-11(13)15-9/h7H,3-6H2,1-2H3. The number of carbonyl (C=O) groups is 1. The lowest BCUT2D eigenvalue weighted by molar-refractivity contribution is -0.384. The third kappa shape index (κ3) is 2.63. The van der Waals surface area contributed by atoms with E-state index < -0.39 is 16.4 Å². The lowest BCUT2D eigenvalue weighted by atomic mass is 9.95. The normalized spacial score (nSPS) is 16.5. The number of methoxy groups -OCH3 is 1. The fraction of sp³-hybridized carbons (Fsp3) is 0.583. The first-order chi connectivity index (χ1) is 9.92. The average molecular weight is 315 g/mol. The molecule has 1 heterocycles.